The molecule has 0 unspecified atom stereocenters. The van der Waals surface area contributed by atoms with Crippen molar-refractivity contribution in [1.29, 1.82) is 0 Å². The fourth-order valence-electron chi connectivity index (χ4n) is 0.589. The highest BCUT2D eigenvalue weighted by Crippen LogP contribution is 1.97. The predicted molar refractivity (Wildman–Crippen MR) is 52.4 cm³/mol. The molecule has 0 bridgehead atoms. The molecule has 0 aromatic rings. The first-order chi connectivity index (χ1) is 7.45. The highest BCUT2D eigenvalue weighted by Gasteiger charge is 2.04. The highest BCUT2D eigenvalue weighted by atomic mass is 16.4. The quantitative estimate of drug-likeness (QED) is 0.456. The van der Waals surface area contributed by atoms with Gasteiger partial charge in [-0.2, -0.15) is 0 Å². The van der Waals surface area contributed by atoms with Crippen molar-refractivity contribution < 1.29 is 29.7 Å². The van der Waals surface area contributed by atoms with E-state index in [2.05, 4.69) is 5.32 Å². The van der Waals surface area contributed by atoms with Crippen LogP contribution >= 0.6 is 0 Å². The SMILES string of the molecule is O=C(O)C(=O)O.O=C(O)C1=CNC=CC=C1. The summed E-state index contributed by atoms with van der Waals surface area (Å²) in [5.41, 5.74) is 0.255. The standard InChI is InChI=1S/C7H7NO2.C2H2O4/c9-7(10)6-3-1-2-4-8-5-6;3-1(4)2(5)6/h1-5,8H,(H,9,10);(H,3,4)(H,5,6). The lowest BCUT2D eigenvalue weighted by Gasteiger charge is -1.90. The van der Waals surface area contributed by atoms with Crippen molar-refractivity contribution >= 4 is 17.9 Å². The summed E-state index contributed by atoms with van der Waals surface area (Å²) in [6.07, 6.45) is 8.01. The lowest BCUT2D eigenvalue weighted by molar-refractivity contribution is -0.159. The lowest BCUT2D eigenvalue weighted by atomic mass is 10.3. The van der Waals surface area contributed by atoms with Gasteiger partial charge in [0.25, 0.3) is 0 Å². The molecule has 1 heterocycles. The van der Waals surface area contributed by atoms with Gasteiger partial charge in [-0.1, -0.05) is 6.08 Å². The van der Waals surface area contributed by atoms with Crippen molar-refractivity contribution in [1.82, 2.24) is 5.32 Å². The first-order valence-electron chi connectivity index (χ1n) is 3.94. The largest absolute Gasteiger partial charge is 0.478 e. The van der Waals surface area contributed by atoms with Gasteiger partial charge in [0.2, 0.25) is 0 Å². The van der Waals surface area contributed by atoms with E-state index < -0.39 is 17.9 Å². The van der Waals surface area contributed by atoms with Crippen LogP contribution in [-0.4, -0.2) is 33.2 Å². The molecule has 4 N–H and O–H groups in total. The van der Waals surface area contributed by atoms with E-state index in [1.807, 2.05) is 0 Å². The second-order valence-electron chi connectivity index (χ2n) is 2.40. The molecule has 0 aromatic heterocycles. The van der Waals surface area contributed by atoms with E-state index in [1.165, 1.54) is 12.3 Å². The molecule has 0 fully saturated rings. The van der Waals surface area contributed by atoms with Gasteiger partial charge in [0, 0.05) is 12.4 Å². The van der Waals surface area contributed by atoms with E-state index in [4.69, 9.17) is 24.9 Å². The van der Waals surface area contributed by atoms with Crippen LogP contribution in [0.2, 0.25) is 0 Å². The van der Waals surface area contributed by atoms with Crippen LogP contribution in [0.4, 0.5) is 0 Å². The minimum Gasteiger partial charge on any atom is -0.478 e. The number of carbonyl (C=O) groups is 3. The Morgan fingerprint density at radius 1 is 1.00 bits per heavy atom. The van der Waals surface area contributed by atoms with E-state index in [9.17, 15) is 4.79 Å². The first kappa shape index (κ1) is 13.4. The van der Waals surface area contributed by atoms with E-state index >= 15 is 0 Å². The summed E-state index contributed by atoms with van der Waals surface area (Å²) < 4.78 is 0. The Morgan fingerprint density at radius 2 is 1.56 bits per heavy atom. The normalized spacial score (nSPS) is 12.4. The second kappa shape index (κ2) is 6.82. The van der Waals surface area contributed by atoms with Gasteiger partial charge in [-0.15, -0.1) is 0 Å². The maximum Gasteiger partial charge on any atom is 0.414 e. The number of carboxylic acids is 3. The molecule has 1 aliphatic heterocycles. The average Bonchev–Trinajstić information content (AvgIpc) is 2.46. The Morgan fingerprint density at radius 3 is 2.00 bits per heavy atom. The summed E-state index contributed by atoms with van der Waals surface area (Å²) in [7, 11) is 0. The molecule has 0 radical (unpaired) electrons. The molecular weight excluding hydrogens is 218 g/mol. The van der Waals surface area contributed by atoms with Gasteiger partial charge < -0.3 is 20.6 Å². The van der Waals surface area contributed by atoms with Crippen LogP contribution in [0.5, 0.6) is 0 Å². The number of rotatable bonds is 1. The minimum absolute atomic E-state index is 0.255. The van der Waals surface area contributed by atoms with E-state index in [-0.39, 0.29) is 5.57 Å². The zero-order valence-corrected chi connectivity index (χ0v) is 7.95. The third-order valence-corrected chi connectivity index (χ3v) is 1.25. The Bertz CT molecular complexity index is 367. The summed E-state index contributed by atoms with van der Waals surface area (Å²) in [4.78, 5) is 28.5. The Labute approximate surface area is 90.0 Å². The number of allylic oxidation sites excluding steroid dienone is 2. The first-order valence-corrected chi connectivity index (χ1v) is 3.94. The van der Waals surface area contributed by atoms with Gasteiger partial charge >= 0.3 is 17.9 Å². The van der Waals surface area contributed by atoms with Crippen LogP contribution in [0, 0.1) is 0 Å². The Hall–Kier alpha value is -2.57. The van der Waals surface area contributed by atoms with E-state index in [0.29, 0.717) is 0 Å². The number of nitrogens with one attached hydrogen (secondary N) is 1. The van der Waals surface area contributed by atoms with Gasteiger partial charge in [0.05, 0.1) is 5.57 Å². The summed E-state index contributed by atoms with van der Waals surface area (Å²) >= 11 is 0. The number of aliphatic carboxylic acids is 3. The summed E-state index contributed by atoms with van der Waals surface area (Å²) in [6.45, 7) is 0. The van der Waals surface area contributed by atoms with Gasteiger partial charge in [0.15, 0.2) is 0 Å². The molecule has 0 aromatic carbocycles. The summed E-state index contributed by atoms with van der Waals surface area (Å²) in [5.74, 6) is -4.57. The van der Waals surface area contributed by atoms with Crippen molar-refractivity contribution in [2.45, 2.75) is 0 Å². The maximum absolute atomic E-state index is 10.3. The minimum atomic E-state index is -1.82. The predicted octanol–water partition coefficient (Wildman–Crippen LogP) is -0.216. The smallest absolute Gasteiger partial charge is 0.414 e. The third kappa shape index (κ3) is 5.97. The molecule has 0 spiro atoms. The van der Waals surface area contributed by atoms with Crippen molar-refractivity contribution in [3.63, 3.8) is 0 Å². The van der Waals surface area contributed by atoms with Crippen molar-refractivity contribution in [2.24, 2.45) is 0 Å². The monoisotopic (exact) mass is 227 g/mol. The Kier molecular flexibility index (Phi) is 5.73. The topological polar surface area (TPSA) is 124 Å². The molecule has 0 saturated carbocycles. The van der Waals surface area contributed by atoms with Crippen LogP contribution in [-0.2, 0) is 14.4 Å². The lowest BCUT2D eigenvalue weighted by Crippen LogP contribution is -2.09. The third-order valence-electron chi connectivity index (χ3n) is 1.25. The molecular formula is C9H9NO6. The van der Waals surface area contributed by atoms with Crippen LogP contribution in [0.25, 0.3) is 0 Å². The molecule has 0 aliphatic carbocycles. The molecule has 86 valence electrons. The molecule has 16 heavy (non-hydrogen) atoms. The van der Waals surface area contributed by atoms with Gasteiger partial charge in [-0.05, 0) is 12.2 Å². The van der Waals surface area contributed by atoms with E-state index in [0.717, 1.165) is 0 Å². The molecule has 1 aliphatic rings. The van der Waals surface area contributed by atoms with Crippen LogP contribution in [0.3, 0.4) is 0 Å². The van der Waals surface area contributed by atoms with Gasteiger partial charge in [0.1, 0.15) is 0 Å². The fourth-order valence-corrected chi connectivity index (χ4v) is 0.589. The number of carboxylic acid groups (broad SMARTS) is 3. The molecule has 7 heteroatoms. The molecule has 0 amide bonds. The molecule has 7 nitrogen and oxygen atoms in total. The second-order valence-corrected chi connectivity index (χ2v) is 2.40. The van der Waals surface area contributed by atoms with Crippen LogP contribution < -0.4 is 5.32 Å². The zero-order valence-electron chi connectivity index (χ0n) is 7.95. The maximum atomic E-state index is 10.3. The van der Waals surface area contributed by atoms with Crippen LogP contribution in [0.1, 0.15) is 0 Å². The summed E-state index contributed by atoms with van der Waals surface area (Å²) in [6, 6.07) is 0. The Balaban J connectivity index is 0.000000325. The highest BCUT2D eigenvalue weighted by molar-refractivity contribution is 6.27. The number of hydrogen-bond acceptors (Lipinski definition) is 4. The molecule has 1 rings (SSSR count). The average molecular weight is 227 g/mol. The van der Waals surface area contributed by atoms with Crippen molar-refractivity contribution in [2.75, 3.05) is 0 Å². The van der Waals surface area contributed by atoms with Gasteiger partial charge in [-0.3, -0.25) is 0 Å². The zero-order chi connectivity index (χ0) is 12.6. The molecule has 0 atom stereocenters. The van der Waals surface area contributed by atoms with Crippen LogP contribution in [0.15, 0.2) is 36.2 Å². The number of hydrogen-bond donors (Lipinski definition) is 4. The van der Waals surface area contributed by atoms with E-state index in [1.54, 1.807) is 18.4 Å². The summed E-state index contributed by atoms with van der Waals surface area (Å²) in [5, 5.41) is 26.0. The van der Waals surface area contributed by atoms with Crippen molar-refractivity contribution in [3.8, 4) is 0 Å². The van der Waals surface area contributed by atoms with Crippen molar-refractivity contribution in [3.05, 3.63) is 36.2 Å². The van der Waals surface area contributed by atoms with Gasteiger partial charge in [-0.25, -0.2) is 14.4 Å². The molecule has 0 saturated heterocycles. The fraction of sp³-hybridized carbons (Fsp3) is 0.